The molecule has 0 aromatic heterocycles. The van der Waals surface area contributed by atoms with Crippen molar-refractivity contribution in [1.29, 1.82) is 0 Å². The van der Waals surface area contributed by atoms with Crippen molar-refractivity contribution in [1.82, 2.24) is 0 Å². The highest BCUT2D eigenvalue weighted by Crippen LogP contribution is 2.27. The lowest BCUT2D eigenvalue weighted by atomic mass is 10.1. The van der Waals surface area contributed by atoms with Crippen molar-refractivity contribution in [2.75, 3.05) is 27.5 Å². The van der Waals surface area contributed by atoms with Crippen LogP contribution < -0.4 is 0 Å². The van der Waals surface area contributed by atoms with Crippen LogP contribution in [0.1, 0.15) is 12.8 Å². The Morgan fingerprint density at radius 2 is 1.81 bits per heavy atom. The minimum Gasteiger partial charge on any atom is -0.469 e. The molecule has 0 amide bonds. The van der Waals surface area contributed by atoms with Gasteiger partial charge in [-0.25, -0.2) is 0 Å². The highest BCUT2D eigenvalue weighted by molar-refractivity contribution is 7.39. The molecule has 0 bridgehead atoms. The highest BCUT2D eigenvalue weighted by Gasteiger charge is 2.22. The van der Waals surface area contributed by atoms with Gasteiger partial charge in [-0.2, -0.15) is 0 Å². The molecule has 0 heterocycles. The Hall–Kier alpha value is -0.870. The molecule has 6 nitrogen and oxygen atoms in total. The highest BCUT2D eigenvalue weighted by atomic mass is 31.1. The number of esters is 2. The molecule has 0 aliphatic rings. The molecule has 94 valence electrons. The Morgan fingerprint density at radius 1 is 1.19 bits per heavy atom. The summed E-state index contributed by atoms with van der Waals surface area (Å²) in [4.78, 5) is 22.2. The number of hydrogen-bond donors (Lipinski definition) is 0. The van der Waals surface area contributed by atoms with Crippen LogP contribution in [0.2, 0.25) is 0 Å². The van der Waals surface area contributed by atoms with Gasteiger partial charge >= 0.3 is 11.9 Å². The van der Waals surface area contributed by atoms with Gasteiger partial charge in [0.1, 0.15) is 0 Å². The van der Waals surface area contributed by atoms with Crippen LogP contribution in [0.15, 0.2) is 0 Å². The zero-order valence-corrected chi connectivity index (χ0v) is 10.6. The number of ether oxygens (including phenoxy) is 2. The SMILES string of the molecule is COC(=O)CCC(C[PH](=O)OC)C(=O)OC. The van der Waals surface area contributed by atoms with Crippen LogP contribution in [0.5, 0.6) is 0 Å². The summed E-state index contributed by atoms with van der Waals surface area (Å²) >= 11 is 0. The van der Waals surface area contributed by atoms with E-state index in [1.54, 1.807) is 0 Å². The minimum absolute atomic E-state index is 0.0881. The minimum atomic E-state index is -2.24. The van der Waals surface area contributed by atoms with Crippen molar-refractivity contribution in [3.05, 3.63) is 0 Å². The smallest absolute Gasteiger partial charge is 0.309 e. The van der Waals surface area contributed by atoms with Crippen molar-refractivity contribution >= 4 is 20.0 Å². The summed E-state index contributed by atoms with van der Waals surface area (Å²) in [5.41, 5.74) is 0. The van der Waals surface area contributed by atoms with Gasteiger partial charge in [0.05, 0.1) is 20.1 Å². The summed E-state index contributed by atoms with van der Waals surface area (Å²) in [6, 6.07) is 0. The Bertz CT molecular complexity index is 265. The number of rotatable bonds is 7. The predicted octanol–water partition coefficient (Wildman–Crippen LogP) is 0.850. The van der Waals surface area contributed by atoms with Crippen LogP contribution in [0, 0.1) is 5.92 Å². The molecule has 2 atom stereocenters. The van der Waals surface area contributed by atoms with Gasteiger partial charge in [0.25, 0.3) is 0 Å². The maximum atomic E-state index is 11.3. The lowest BCUT2D eigenvalue weighted by Gasteiger charge is -2.12. The van der Waals surface area contributed by atoms with Gasteiger partial charge in [0, 0.05) is 19.7 Å². The fraction of sp³-hybridized carbons (Fsp3) is 0.778. The monoisotopic (exact) mass is 252 g/mol. The van der Waals surface area contributed by atoms with Crippen molar-refractivity contribution in [3.8, 4) is 0 Å². The molecule has 0 aliphatic carbocycles. The lowest BCUT2D eigenvalue weighted by Crippen LogP contribution is -2.20. The van der Waals surface area contributed by atoms with E-state index in [4.69, 9.17) is 0 Å². The summed E-state index contributed by atoms with van der Waals surface area (Å²) < 4.78 is 24.8. The molecule has 0 saturated carbocycles. The molecule has 0 rings (SSSR count). The second-order valence-electron chi connectivity index (χ2n) is 3.12. The topological polar surface area (TPSA) is 78.9 Å². The van der Waals surface area contributed by atoms with Gasteiger partial charge in [-0.15, -0.1) is 0 Å². The summed E-state index contributed by atoms with van der Waals surface area (Å²) in [5.74, 6) is -1.49. The van der Waals surface area contributed by atoms with E-state index in [-0.39, 0.29) is 19.0 Å². The third-order valence-electron chi connectivity index (χ3n) is 2.10. The van der Waals surface area contributed by atoms with E-state index < -0.39 is 25.9 Å². The maximum absolute atomic E-state index is 11.3. The van der Waals surface area contributed by atoms with E-state index >= 15 is 0 Å². The second kappa shape index (κ2) is 8.30. The van der Waals surface area contributed by atoms with Crippen LogP contribution in [0.4, 0.5) is 0 Å². The van der Waals surface area contributed by atoms with Crippen molar-refractivity contribution < 1.29 is 28.2 Å². The number of hydrogen-bond acceptors (Lipinski definition) is 6. The normalized spacial score (nSPS) is 13.9. The molecule has 0 radical (unpaired) electrons. The van der Waals surface area contributed by atoms with Gasteiger partial charge in [0.2, 0.25) is 0 Å². The van der Waals surface area contributed by atoms with Crippen LogP contribution in [-0.4, -0.2) is 39.4 Å². The Morgan fingerprint density at radius 3 is 2.25 bits per heavy atom. The number of carbonyl (C=O) groups is 2. The summed E-state index contributed by atoms with van der Waals surface area (Å²) in [5, 5.41) is 0. The lowest BCUT2D eigenvalue weighted by molar-refractivity contribution is -0.146. The average Bonchev–Trinajstić information content (AvgIpc) is 2.32. The van der Waals surface area contributed by atoms with Crippen molar-refractivity contribution in [2.45, 2.75) is 12.8 Å². The average molecular weight is 252 g/mol. The van der Waals surface area contributed by atoms with Gasteiger partial charge in [-0.3, -0.25) is 14.2 Å². The molecule has 2 unspecified atom stereocenters. The van der Waals surface area contributed by atoms with E-state index in [0.29, 0.717) is 0 Å². The van der Waals surface area contributed by atoms with Crippen LogP contribution in [0.25, 0.3) is 0 Å². The third-order valence-corrected chi connectivity index (χ3v) is 3.38. The first-order valence-corrected chi connectivity index (χ1v) is 6.29. The fourth-order valence-corrected chi connectivity index (χ4v) is 2.09. The number of methoxy groups -OCH3 is 2. The van der Waals surface area contributed by atoms with Gasteiger partial charge in [0.15, 0.2) is 8.03 Å². The Balaban J connectivity index is 4.26. The largest absolute Gasteiger partial charge is 0.469 e. The van der Waals surface area contributed by atoms with Crippen molar-refractivity contribution in [3.63, 3.8) is 0 Å². The predicted molar refractivity (Wildman–Crippen MR) is 57.6 cm³/mol. The third kappa shape index (κ3) is 5.88. The molecular formula is C9H17O6P. The molecule has 0 fully saturated rings. The maximum Gasteiger partial charge on any atom is 0.309 e. The van der Waals surface area contributed by atoms with Crippen LogP contribution in [-0.2, 0) is 28.2 Å². The summed E-state index contributed by atoms with van der Waals surface area (Å²) in [6.07, 6.45) is 0.430. The Labute approximate surface area is 95.1 Å². The van der Waals surface area contributed by atoms with Crippen LogP contribution >= 0.6 is 8.03 Å². The van der Waals surface area contributed by atoms with Gasteiger partial charge in [-0.05, 0) is 6.42 Å². The summed E-state index contributed by atoms with van der Waals surface area (Å²) in [6.45, 7) is 0. The first kappa shape index (κ1) is 15.1. The molecule has 0 spiro atoms. The van der Waals surface area contributed by atoms with E-state index in [0.717, 1.165) is 0 Å². The molecule has 7 heteroatoms. The zero-order chi connectivity index (χ0) is 12.6. The Kier molecular flexibility index (Phi) is 7.85. The molecular weight excluding hydrogens is 235 g/mol. The molecule has 16 heavy (non-hydrogen) atoms. The molecule has 0 saturated heterocycles. The van der Waals surface area contributed by atoms with Crippen LogP contribution in [0.3, 0.4) is 0 Å². The van der Waals surface area contributed by atoms with E-state index in [1.807, 2.05) is 0 Å². The van der Waals surface area contributed by atoms with Gasteiger partial charge < -0.3 is 14.0 Å². The van der Waals surface area contributed by atoms with Gasteiger partial charge in [-0.1, -0.05) is 0 Å². The zero-order valence-electron chi connectivity index (χ0n) is 9.65. The quantitative estimate of drug-likeness (QED) is 0.493. The first-order chi connectivity index (χ1) is 7.54. The van der Waals surface area contributed by atoms with Crippen molar-refractivity contribution in [2.24, 2.45) is 5.92 Å². The molecule has 0 aliphatic heterocycles. The van der Waals surface area contributed by atoms with E-state index in [2.05, 4.69) is 14.0 Å². The first-order valence-electron chi connectivity index (χ1n) is 4.76. The molecule has 0 aromatic rings. The fourth-order valence-electron chi connectivity index (χ4n) is 1.15. The standard InChI is InChI=1S/C9H17O6P/c1-13-8(10)5-4-7(9(11)14-2)6-16(12)15-3/h7,16H,4-6H2,1-3H3. The second-order valence-corrected chi connectivity index (χ2v) is 4.68. The summed E-state index contributed by atoms with van der Waals surface area (Å²) in [7, 11) is 1.60. The van der Waals surface area contributed by atoms with E-state index in [9.17, 15) is 14.2 Å². The van der Waals surface area contributed by atoms with E-state index in [1.165, 1.54) is 21.3 Å². The molecule has 0 aromatic carbocycles. The molecule has 0 N–H and O–H groups in total. The number of carbonyl (C=O) groups excluding carboxylic acids is 2.